The van der Waals surface area contributed by atoms with Gasteiger partial charge in [-0.25, -0.2) is 0 Å². The van der Waals surface area contributed by atoms with Gasteiger partial charge in [0.15, 0.2) is 0 Å². The van der Waals surface area contributed by atoms with Gasteiger partial charge >= 0.3 is 0 Å². The number of benzene rings is 1. The highest BCUT2D eigenvalue weighted by molar-refractivity contribution is 14.1. The topological polar surface area (TPSA) is 46.5 Å². The van der Waals surface area contributed by atoms with E-state index in [9.17, 15) is 0 Å². The Morgan fingerprint density at radius 2 is 2.00 bits per heavy atom. The van der Waals surface area contributed by atoms with Crippen molar-refractivity contribution in [3.8, 4) is 5.75 Å². The van der Waals surface area contributed by atoms with Gasteiger partial charge < -0.3 is 9.84 Å². The number of carbonyl (C=O) groups is 1. The van der Waals surface area contributed by atoms with Crippen LogP contribution < -0.4 is 4.74 Å². The Hall–Kier alpha value is -0.780. The molecule has 0 saturated carbocycles. The monoisotopic (exact) mass is 308 g/mol. The third-order valence-corrected chi connectivity index (χ3v) is 2.03. The first-order chi connectivity index (χ1) is 6.57. The van der Waals surface area contributed by atoms with Crippen LogP contribution in [0.1, 0.15) is 13.8 Å². The summed E-state index contributed by atoms with van der Waals surface area (Å²) in [5.74, 6) is 0.144. The summed E-state index contributed by atoms with van der Waals surface area (Å²) in [5, 5.41) is 7.42. The molecule has 0 atom stereocenters. The van der Waals surface area contributed by atoms with Crippen molar-refractivity contribution in [2.45, 2.75) is 13.8 Å². The first-order valence-electron chi connectivity index (χ1n) is 4.14. The fourth-order valence-corrected chi connectivity index (χ4v) is 1.26. The van der Waals surface area contributed by atoms with E-state index < -0.39 is 5.97 Å². The molecule has 0 spiro atoms. The van der Waals surface area contributed by atoms with Crippen LogP contribution in [0.3, 0.4) is 0 Å². The van der Waals surface area contributed by atoms with Crippen molar-refractivity contribution >= 4 is 28.6 Å². The lowest BCUT2D eigenvalue weighted by atomic mass is 10.3. The van der Waals surface area contributed by atoms with Crippen LogP contribution >= 0.6 is 22.6 Å². The maximum atomic E-state index is 9.00. The predicted octanol–water partition coefficient (Wildman–Crippen LogP) is 2.78. The van der Waals surface area contributed by atoms with E-state index in [1.807, 2.05) is 31.2 Å². The molecule has 0 radical (unpaired) electrons. The summed E-state index contributed by atoms with van der Waals surface area (Å²) >= 11 is 2.26. The molecule has 0 bridgehead atoms. The Morgan fingerprint density at radius 3 is 2.43 bits per heavy atom. The maximum absolute atomic E-state index is 9.00. The quantitative estimate of drug-likeness (QED) is 0.855. The molecule has 1 rings (SSSR count). The molecule has 4 heteroatoms. The summed E-state index contributed by atoms with van der Waals surface area (Å²) in [7, 11) is 0. The van der Waals surface area contributed by atoms with E-state index in [4.69, 9.17) is 14.6 Å². The van der Waals surface area contributed by atoms with Crippen LogP contribution in [0.25, 0.3) is 0 Å². The minimum atomic E-state index is -0.833. The first-order valence-corrected chi connectivity index (χ1v) is 5.22. The normalized spacial score (nSPS) is 8.50. The van der Waals surface area contributed by atoms with Crippen LogP contribution in [-0.4, -0.2) is 17.7 Å². The molecule has 0 unspecified atom stereocenters. The van der Waals surface area contributed by atoms with E-state index in [0.717, 1.165) is 19.3 Å². The van der Waals surface area contributed by atoms with E-state index in [0.29, 0.717) is 0 Å². The molecular formula is C10H13IO3. The Bertz CT molecular complexity index is 282. The summed E-state index contributed by atoms with van der Waals surface area (Å²) in [6.45, 7) is 3.81. The van der Waals surface area contributed by atoms with Crippen molar-refractivity contribution in [3.63, 3.8) is 0 Å². The zero-order chi connectivity index (χ0) is 11.0. The molecule has 1 aromatic carbocycles. The van der Waals surface area contributed by atoms with Gasteiger partial charge in [0.05, 0.1) is 10.2 Å². The molecule has 1 N–H and O–H groups in total. The van der Waals surface area contributed by atoms with Crippen LogP contribution in [0, 0.1) is 3.57 Å². The SMILES string of the molecule is CC(=O)O.CCOc1ccccc1I. The van der Waals surface area contributed by atoms with Gasteiger partial charge in [0, 0.05) is 6.92 Å². The van der Waals surface area contributed by atoms with Gasteiger partial charge in [0.1, 0.15) is 5.75 Å². The summed E-state index contributed by atoms with van der Waals surface area (Å²) in [6.07, 6.45) is 0. The van der Waals surface area contributed by atoms with Crippen LogP contribution in [0.5, 0.6) is 5.75 Å². The average molecular weight is 308 g/mol. The Kier molecular flexibility index (Phi) is 7.18. The molecular weight excluding hydrogens is 295 g/mol. The molecule has 0 saturated heterocycles. The van der Waals surface area contributed by atoms with E-state index >= 15 is 0 Å². The average Bonchev–Trinajstić information content (AvgIpc) is 2.08. The molecule has 0 fully saturated rings. The minimum Gasteiger partial charge on any atom is -0.493 e. The summed E-state index contributed by atoms with van der Waals surface area (Å²) < 4.78 is 6.50. The van der Waals surface area contributed by atoms with E-state index in [1.54, 1.807) is 0 Å². The van der Waals surface area contributed by atoms with Crippen LogP contribution in [0.15, 0.2) is 24.3 Å². The van der Waals surface area contributed by atoms with Gasteiger partial charge in [-0.3, -0.25) is 4.79 Å². The zero-order valence-electron chi connectivity index (χ0n) is 8.16. The number of aliphatic carboxylic acids is 1. The fraction of sp³-hybridized carbons (Fsp3) is 0.300. The van der Waals surface area contributed by atoms with Crippen molar-refractivity contribution in [1.82, 2.24) is 0 Å². The van der Waals surface area contributed by atoms with Gasteiger partial charge in [0.2, 0.25) is 0 Å². The van der Waals surface area contributed by atoms with Crippen molar-refractivity contribution < 1.29 is 14.6 Å². The summed E-state index contributed by atoms with van der Waals surface area (Å²) in [4.78, 5) is 9.00. The number of carboxylic acid groups (broad SMARTS) is 1. The number of hydrogen-bond acceptors (Lipinski definition) is 2. The maximum Gasteiger partial charge on any atom is 0.300 e. The molecule has 1 aromatic rings. The fourth-order valence-electron chi connectivity index (χ4n) is 0.717. The summed E-state index contributed by atoms with van der Waals surface area (Å²) in [6, 6.07) is 7.99. The van der Waals surface area contributed by atoms with Crippen LogP contribution in [-0.2, 0) is 4.79 Å². The molecule has 3 nitrogen and oxygen atoms in total. The van der Waals surface area contributed by atoms with Crippen LogP contribution in [0.2, 0.25) is 0 Å². The molecule has 14 heavy (non-hydrogen) atoms. The Morgan fingerprint density at radius 1 is 1.50 bits per heavy atom. The van der Waals surface area contributed by atoms with Gasteiger partial charge in [-0.05, 0) is 41.6 Å². The molecule has 0 aliphatic heterocycles. The highest BCUT2D eigenvalue weighted by Crippen LogP contribution is 2.18. The second-order valence-corrected chi connectivity index (χ2v) is 3.54. The van der Waals surface area contributed by atoms with Gasteiger partial charge in [-0.15, -0.1) is 0 Å². The lowest BCUT2D eigenvalue weighted by Crippen LogP contribution is -1.92. The zero-order valence-corrected chi connectivity index (χ0v) is 10.3. The molecule has 0 aromatic heterocycles. The van der Waals surface area contributed by atoms with Crippen molar-refractivity contribution in [2.75, 3.05) is 6.61 Å². The number of hydrogen-bond donors (Lipinski definition) is 1. The number of rotatable bonds is 2. The highest BCUT2D eigenvalue weighted by atomic mass is 127. The summed E-state index contributed by atoms with van der Waals surface area (Å²) in [5.41, 5.74) is 0. The lowest BCUT2D eigenvalue weighted by Gasteiger charge is -2.03. The van der Waals surface area contributed by atoms with Gasteiger partial charge in [0.25, 0.3) is 5.97 Å². The minimum absolute atomic E-state index is 0.736. The standard InChI is InChI=1S/C8H9IO.C2H4O2/c1-2-10-8-6-4-3-5-7(8)9;1-2(3)4/h3-6H,2H2,1H3;1H3,(H,3,4). The smallest absolute Gasteiger partial charge is 0.300 e. The van der Waals surface area contributed by atoms with E-state index in [1.165, 1.54) is 3.57 Å². The van der Waals surface area contributed by atoms with Crippen molar-refractivity contribution in [1.29, 1.82) is 0 Å². The van der Waals surface area contributed by atoms with E-state index in [2.05, 4.69) is 22.6 Å². The molecule has 0 aliphatic rings. The van der Waals surface area contributed by atoms with Gasteiger partial charge in [-0.2, -0.15) is 0 Å². The molecule has 0 aliphatic carbocycles. The highest BCUT2D eigenvalue weighted by Gasteiger charge is 1.94. The third-order valence-electron chi connectivity index (χ3n) is 1.14. The lowest BCUT2D eigenvalue weighted by molar-refractivity contribution is -0.134. The third kappa shape index (κ3) is 6.71. The number of halogens is 1. The second-order valence-electron chi connectivity index (χ2n) is 2.38. The number of carboxylic acids is 1. The van der Waals surface area contributed by atoms with Gasteiger partial charge in [-0.1, -0.05) is 12.1 Å². The van der Waals surface area contributed by atoms with Crippen molar-refractivity contribution in [2.24, 2.45) is 0 Å². The Balaban J connectivity index is 0.000000364. The van der Waals surface area contributed by atoms with Crippen molar-refractivity contribution in [3.05, 3.63) is 27.8 Å². The van der Waals surface area contributed by atoms with Crippen LogP contribution in [0.4, 0.5) is 0 Å². The predicted molar refractivity (Wildman–Crippen MR) is 63.6 cm³/mol. The molecule has 0 amide bonds. The second kappa shape index (κ2) is 7.61. The molecule has 78 valence electrons. The largest absolute Gasteiger partial charge is 0.493 e. The first kappa shape index (κ1) is 13.2. The van der Waals surface area contributed by atoms with E-state index in [-0.39, 0.29) is 0 Å². The number of para-hydroxylation sites is 1. The number of ether oxygens (including phenoxy) is 1. The Labute approximate surface area is 97.2 Å². The molecule has 0 heterocycles.